The van der Waals surface area contributed by atoms with Gasteiger partial charge in [0.1, 0.15) is 0 Å². The van der Waals surface area contributed by atoms with Crippen molar-refractivity contribution in [1.29, 1.82) is 0 Å². The number of amides is 1. The number of benzene rings is 1. The number of hydrogen-bond donors (Lipinski definition) is 2. The molecule has 1 aliphatic carbocycles. The summed E-state index contributed by atoms with van der Waals surface area (Å²) >= 11 is 0. The Bertz CT molecular complexity index is 519. The fourth-order valence-electron chi connectivity index (χ4n) is 4.25. The third-order valence-electron chi connectivity index (χ3n) is 5.79. The van der Waals surface area contributed by atoms with E-state index in [0.29, 0.717) is 18.4 Å². The Balaban J connectivity index is 1.36. The topological polar surface area (TPSA) is 58.4 Å². The number of nitrogens with one attached hydrogen (secondary N) is 1. The van der Waals surface area contributed by atoms with Crippen molar-refractivity contribution in [2.75, 3.05) is 32.7 Å². The molecule has 1 unspecified atom stereocenters. The molecule has 1 amide bonds. The summed E-state index contributed by atoms with van der Waals surface area (Å²) in [5.41, 5.74) is 7.20. The van der Waals surface area contributed by atoms with E-state index in [9.17, 15) is 4.79 Å². The maximum atomic E-state index is 12.4. The molecule has 1 aliphatic heterocycles. The zero-order valence-corrected chi connectivity index (χ0v) is 14.6. The normalized spacial score (nSPS) is 27.5. The Labute approximate surface area is 145 Å². The second-order valence-electron chi connectivity index (χ2n) is 7.47. The lowest BCUT2D eigenvalue weighted by molar-refractivity contribution is -0.126. The second-order valence-corrected chi connectivity index (χ2v) is 7.47. The van der Waals surface area contributed by atoms with Gasteiger partial charge in [-0.25, -0.2) is 0 Å². The minimum atomic E-state index is 0.158. The van der Waals surface area contributed by atoms with Gasteiger partial charge in [0.15, 0.2) is 0 Å². The highest BCUT2D eigenvalue weighted by Gasteiger charge is 2.32. The van der Waals surface area contributed by atoms with E-state index in [2.05, 4.69) is 40.5 Å². The minimum absolute atomic E-state index is 0.158. The maximum absolute atomic E-state index is 12.4. The van der Waals surface area contributed by atoms with E-state index in [4.69, 9.17) is 5.73 Å². The lowest BCUT2D eigenvalue weighted by Gasteiger charge is -2.19. The van der Waals surface area contributed by atoms with Gasteiger partial charge >= 0.3 is 0 Å². The summed E-state index contributed by atoms with van der Waals surface area (Å²) in [4.78, 5) is 14.9. The molecule has 132 valence electrons. The summed E-state index contributed by atoms with van der Waals surface area (Å²) in [5.74, 6) is 1.40. The van der Waals surface area contributed by atoms with Crippen molar-refractivity contribution in [3.05, 3.63) is 35.9 Å². The van der Waals surface area contributed by atoms with Gasteiger partial charge < -0.3 is 16.0 Å². The van der Waals surface area contributed by atoms with E-state index in [0.717, 1.165) is 51.9 Å². The van der Waals surface area contributed by atoms with Crippen LogP contribution in [-0.4, -0.2) is 43.5 Å². The molecule has 1 aromatic rings. The monoisotopic (exact) mass is 329 g/mol. The Kier molecular flexibility index (Phi) is 6.27. The van der Waals surface area contributed by atoms with Crippen LogP contribution in [0, 0.1) is 17.8 Å². The SMILES string of the molecule is NC[C@H]1CCC[C@H]1C(=O)NCC1CCN(CCc2ccccc2)C1. The largest absolute Gasteiger partial charge is 0.356 e. The predicted octanol–water partition coefficient (Wildman–Crippen LogP) is 2.04. The van der Waals surface area contributed by atoms with Gasteiger partial charge in [0, 0.05) is 25.6 Å². The van der Waals surface area contributed by atoms with Gasteiger partial charge in [-0.1, -0.05) is 36.8 Å². The standard InChI is InChI=1S/C20H31N3O/c21-13-18-7-4-8-19(18)20(24)22-14-17-10-12-23(15-17)11-9-16-5-2-1-3-6-16/h1-3,5-6,17-19H,4,7-15,21H2,(H,22,24)/t17?,18-,19-/m1/s1. The zero-order valence-electron chi connectivity index (χ0n) is 14.6. The van der Waals surface area contributed by atoms with E-state index >= 15 is 0 Å². The van der Waals surface area contributed by atoms with Crippen LogP contribution in [0.3, 0.4) is 0 Å². The number of nitrogens with two attached hydrogens (primary N) is 1. The van der Waals surface area contributed by atoms with Crippen LogP contribution >= 0.6 is 0 Å². The molecule has 3 N–H and O–H groups in total. The van der Waals surface area contributed by atoms with Crippen LogP contribution < -0.4 is 11.1 Å². The third kappa shape index (κ3) is 4.58. The van der Waals surface area contributed by atoms with E-state index in [1.54, 1.807) is 0 Å². The second kappa shape index (κ2) is 8.63. The first-order valence-electron chi connectivity index (χ1n) is 9.50. The lowest BCUT2D eigenvalue weighted by Crippen LogP contribution is -2.38. The lowest BCUT2D eigenvalue weighted by atomic mass is 9.95. The first-order chi connectivity index (χ1) is 11.8. The molecule has 1 saturated heterocycles. The highest BCUT2D eigenvalue weighted by atomic mass is 16.1. The van der Waals surface area contributed by atoms with Crippen molar-refractivity contribution in [1.82, 2.24) is 10.2 Å². The van der Waals surface area contributed by atoms with Crippen molar-refractivity contribution in [2.45, 2.75) is 32.1 Å². The van der Waals surface area contributed by atoms with Gasteiger partial charge in [-0.2, -0.15) is 0 Å². The number of rotatable bonds is 7. The quantitative estimate of drug-likeness (QED) is 0.805. The van der Waals surface area contributed by atoms with Gasteiger partial charge in [-0.3, -0.25) is 4.79 Å². The zero-order chi connectivity index (χ0) is 16.8. The highest BCUT2D eigenvalue weighted by molar-refractivity contribution is 5.79. The van der Waals surface area contributed by atoms with Gasteiger partial charge in [0.05, 0.1) is 0 Å². The average molecular weight is 329 g/mol. The molecule has 0 bridgehead atoms. The average Bonchev–Trinajstić information content (AvgIpc) is 3.28. The number of nitrogens with zero attached hydrogens (tertiary/aromatic N) is 1. The molecule has 3 rings (SSSR count). The predicted molar refractivity (Wildman–Crippen MR) is 97.6 cm³/mol. The van der Waals surface area contributed by atoms with Gasteiger partial charge in [-0.15, -0.1) is 0 Å². The molecular formula is C20H31N3O. The van der Waals surface area contributed by atoms with Crippen molar-refractivity contribution >= 4 is 5.91 Å². The maximum Gasteiger partial charge on any atom is 0.223 e. The molecular weight excluding hydrogens is 298 g/mol. The molecule has 0 spiro atoms. The Morgan fingerprint density at radius 3 is 2.83 bits per heavy atom. The molecule has 3 atom stereocenters. The van der Waals surface area contributed by atoms with Gasteiger partial charge in [-0.05, 0) is 56.2 Å². The summed E-state index contributed by atoms with van der Waals surface area (Å²) in [7, 11) is 0. The smallest absolute Gasteiger partial charge is 0.223 e. The number of carbonyl (C=O) groups is 1. The van der Waals surface area contributed by atoms with Crippen LogP contribution in [0.1, 0.15) is 31.2 Å². The van der Waals surface area contributed by atoms with Crippen LogP contribution in [-0.2, 0) is 11.2 Å². The molecule has 1 saturated carbocycles. The Morgan fingerprint density at radius 1 is 1.21 bits per heavy atom. The fraction of sp³-hybridized carbons (Fsp3) is 0.650. The molecule has 0 aromatic heterocycles. The van der Waals surface area contributed by atoms with Crippen molar-refractivity contribution in [3.63, 3.8) is 0 Å². The number of carbonyl (C=O) groups excluding carboxylic acids is 1. The van der Waals surface area contributed by atoms with Crippen molar-refractivity contribution < 1.29 is 4.79 Å². The summed E-state index contributed by atoms with van der Waals surface area (Å²) in [5, 5.41) is 3.20. The molecule has 1 aromatic carbocycles. The van der Waals surface area contributed by atoms with Crippen molar-refractivity contribution in [3.8, 4) is 0 Å². The van der Waals surface area contributed by atoms with E-state index < -0.39 is 0 Å². The van der Waals surface area contributed by atoms with Crippen LogP contribution in [0.4, 0.5) is 0 Å². The molecule has 2 aliphatic rings. The van der Waals surface area contributed by atoms with E-state index in [-0.39, 0.29) is 11.8 Å². The van der Waals surface area contributed by atoms with Crippen LogP contribution in [0.15, 0.2) is 30.3 Å². The Morgan fingerprint density at radius 2 is 2.04 bits per heavy atom. The number of likely N-dealkylation sites (tertiary alicyclic amines) is 1. The van der Waals surface area contributed by atoms with Gasteiger partial charge in [0.25, 0.3) is 0 Å². The van der Waals surface area contributed by atoms with Crippen molar-refractivity contribution in [2.24, 2.45) is 23.5 Å². The van der Waals surface area contributed by atoms with Crippen LogP contribution in [0.25, 0.3) is 0 Å². The van der Waals surface area contributed by atoms with E-state index in [1.807, 2.05) is 0 Å². The molecule has 1 heterocycles. The summed E-state index contributed by atoms with van der Waals surface area (Å²) in [6, 6.07) is 10.7. The summed E-state index contributed by atoms with van der Waals surface area (Å²) < 4.78 is 0. The molecule has 4 nitrogen and oxygen atoms in total. The van der Waals surface area contributed by atoms with Crippen LogP contribution in [0.2, 0.25) is 0 Å². The third-order valence-corrected chi connectivity index (χ3v) is 5.79. The summed E-state index contributed by atoms with van der Waals surface area (Å²) in [6.07, 6.45) is 5.59. The molecule has 4 heteroatoms. The summed E-state index contributed by atoms with van der Waals surface area (Å²) in [6.45, 7) is 4.86. The van der Waals surface area contributed by atoms with Gasteiger partial charge in [0.2, 0.25) is 5.91 Å². The molecule has 24 heavy (non-hydrogen) atoms. The first kappa shape index (κ1) is 17.4. The first-order valence-corrected chi connectivity index (χ1v) is 9.50. The fourth-order valence-corrected chi connectivity index (χ4v) is 4.25. The number of hydrogen-bond acceptors (Lipinski definition) is 3. The van der Waals surface area contributed by atoms with Crippen LogP contribution in [0.5, 0.6) is 0 Å². The Hall–Kier alpha value is -1.39. The van der Waals surface area contributed by atoms with E-state index in [1.165, 1.54) is 12.0 Å². The molecule has 0 radical (unpaired) electrons. The highest BCUT2D eigenvalue weighted by Crippen LogP contribution is 2.31. The minimum Gasteiger partial charge on any atom is -0.356 e. The molecule has 2 fully saturated rings.